The minimum absolute atomic E-state index is 0.0521. The smallest absolute Gasteiger partial charge is 0.357 e. The number of aliphatic imine (C=N–C) groups is 1. The summed E-state index contributed by atoms with van der Waals surface area (Å²) < 4.78 is 36.9. The minimum atomic E-state index is -4.15. The van der Waals surface area contributed by atoms with Crippen LogP contribution in [0.15, 0.2) is 22.5 Å². The molecule has 8 heteroatoms. The van der Waals surface area contributed by atoms with Crippen molar-refractivity contribution in [3.63, 3.8) is 0 Å². The lowest BCUT2D eigenvalue weighted by Gasteiger charge is -2.22. The first-order valence-electron chi connectivity index (χ1n) is 8.45. The summed E-state index contributed by atoms with van der Waals surface area (Å²) >= 11 is 1.72. The fourth-order valence-corrected chi connectivity index (χ4v) is 3.15. The summed E-state index contributed by atoms with van der Waals surface area (Å²) in [6.45, 7) is 7.74. The Balaban J connectivity index is 2.43. The molecule has 0 spiro atoms. The third-order valence-corrected chi connectivity index (χ3v) is 4.86. The van der Waals surface area contributed by atoms with Crippen LogP contribution in [0.1, 0.15) is 32.1 Å². The minimum Gasteiger partial charge on any atom is -0.357 e. The zero-order chi connectivity index (χ0) is 18.9. The summed E-state index contributed by atoms with van der Waals surface area (Å²) in [5.74, 6) is 0.700. The molecule has 0 fully saturated rings. The number of rotatable bonds is 9. The van der Waals surface area contributed by atoms with E-state index in [9.17, 15) is 13.2 Å². The number of thiophene rings is 1. The summed E-state index contributed by atoms with van der Waals surface area (Å²) in [7, 11) is 1.48. The molecule has 0 aromatic carbocycles. The van der Waals surface area contributed by atoms with Crippen molar-refractivity contribution in [1.82, 2.24) is 15.5 Å². The van der Waals surface area contributed by atoms with Crippen LogP contribution >= 0.6 is 11.3 Å². The maximum atomic E-state index is 12.3. The molecule has 0 unspecified atom stereocenters. The van der Waals surface area contributed by atoms with Gasteiger partial charge >= 0.3 is 6.18 Å². The zero-order valence-corrected chi connectivity index (χ0v) is 16.2. The molecule has 1 rings (SSSR count). The van der Waals surface area contributed by atoms with Gasteiger partial charge in [-0.2, -0.15) is 13.2 Å². The van der Waals surface area contributed by atoms with Crippen molar-refractivity contribution in [3.8, 4) is 0 Å². The molecule has 0 aliphatic heterocycles. The largest absolute Gasteiger partial charge is 0.401 e. The van der Waals surface area contributed by atoms with Crippen molar-refractivity contribution in [3.05, 3.63) is 22.4 Å². The van der Waals surface area contributed by atoms with Crippen LogP contribution in [0.2, 0.25) is 0 Å². The highest BCUT2D eigenvalue weighted by Gasteiger charge is 2.28. The molecule has 0 atom stereocenters. The standard InChI is InChI=1S/C17H29F3N4S/c1-5-21-15(22-9-7-10-24(4)13-17(18,19)20)23-12-16(2,3)14-8-6-11-25-14/h6,8,11H,5,7,9-10,12-13H2,1-4H3,(H2,21,22,23). The molecule has 1 aromatic rings. The van der Waals surface area contributed by atoms with Gasteiger partial charge in [0.05, 0.1) is 13.1 Å². The Labute approximate surface area is 152 Å². The second-order valence-electron chi connectivity index (χ2n) is 6.69. The molecule has 1 heterocycles. The molecule has 0 saturated heterocycles. The molecule has 0 saturated carbocycles. The lowest BCUT2D eigenvalue weighted by Crippen LogP contribution is -2.40. The summed E-state index contributed by atoms with van der Waals surface area (Å²) in [6, 6.07) is 4.14. The number of alkyl halides is 3. The molecule has 1 aromatic heterocycles. The van der Waals surface area contributed by atoms with Crippen molar-refractivity contribution in [2.75, 3.05) is 39.8 Å². The third kappa shape index (κ3) is 9.11. The van der Waals surface area contributed by atoms with Crippen molar-refractivity contribution in [2.24, 2.45) is 4.99 Å². The van der Waals surface area contributed by atoms with E-state index in [4.69, 9.17) is 0 Å². The fraction of sp³-hybridized carbons (Fsp3) is 0.706. The van der Waals surface area contributed by atoms with Gasteiger partial charge in [-0.25, -0.2) is 0 Å². The van der Waals surface area contributed by atoms with E-state index in [0.717, 1.165) is 6.54 Å². The van der Waals surface area contributed by atoms with E-state index in [1.165, 1.54) is 16.8 Å². The molecular weight excluding hydrogens is 349 g/mol. The van der Waals surface area contributed by atoms with Crippen molar-refractivity contribution < 1.29 is 13.2 Å². The van der Waals surface area contributed by atoms with Gasteiger partial charge in [0.25, 0.3) is 0 Å². The van der Waals surface area contributed by atoms with Crippen LogP contribution in [-0.2, 0) is 5.41 Å². The number of hydrogen-bond acceptors (Lipinski definition) is 3. The van der Waals surface area contributed by atoms with E-state index in [2.05, 4.69) is 40.9 Å². The van der Waals surface area contributed by atoms with Crippen molar-refractivity contribution in [1.29, 1.82) is 0 Å². The van der Waals surface area contributed by atoms with E-state index >= 15 is 0 Å². The van der Waals surface area contributed by atoms with E-state index < -0.39 is 12.7 Å². The molecule has 0 amide bonds. The van der Waals surface area contributed by atoms with Crippen LogP contribution in [0.5, 0.6) is 0 Å². The summed E-state index contributed by atoms with van der Waals surface area (Å²) in [5.41, 5.74) is -0.0521. The molecule has 2 N–H and O–H groups in total. The van der Waals surface area contributed by atoms with Crippen LogP contribution < -0.4 is 10.6 Å². The first-order chi connectivity index (χ1) is 11.6. The highest BCUT2D eigenvalue weighted by Crippen LogP contribution is 2.27. The van der Waals surface area contributed by atoms with Gasteiger partial charge in [-0.05, 0) is 38.4 Å². The van der Waals surface area contributed by atoms with Gasteiger partial charge in [0.15, 0.2) is 5.96 Å². The Bertz CT molecular complexity index is 512. The van der Waals surface area contributed by atoms with Gasteiger partial charge in [-0.1, -0.05) is 19.9 Å². The summed E-state index contributed by atoms with van der Waals surface area (Å²) in [5, 5.41) is 8.42. The predicted octanol–water partition coefficient (Wildman–Crippen LogP) is 3.47. The molecule has 144 valence electrons. The molecule has 4 nitrogen and oxygen atoms in total. The van der Waals surface area contributed by atoms with Gasteiger partial charge in [0.1, 0.15) is 0 Å². The molecule has 0 aliphatic carbocycles. The SMILES string of the molecule is CCNC(=NCC(C)(C)c1cccs1)NCCCN(C)CC(F)(F)F. The summed E-state index contributed by atoms with van der Waals surface area (Å²) in [4.78, 5) is 7.19. The first-order valence-corrected chi connectivity index (χ1v) is 9.33. The third-order valence-electron chi connectivity index (χ3n) is 3.62. The average molecular weight is 379 g/mol. The first kappa shape index (κ1) is 21.8. The second-order valence-corrected chi connectivity index (χ2v) is 7.64. The van der Waals surface area contributed by atoms with Gasteiger partial charge in [-0.3, -0.25) is 9.89 Å². The number of hydrogen-bond donors (Lipinski definition) is 2. The number of nitrogens with one attached hydrogen (secondary N) is 2. The Kier molecular flexibility index (Phi) is 8.71. The van der Waals surface area contributed by atoms with Crippen LogP contribution in [0.3, 0.4) is 0 Å². The molecule has 25 heavy (non-hydrogen) atoms. The number of guanidine groups is 1. The highest BCUT2D eigenvalue weighted by atomic mass is 32.1. The molecule has 0 aliphatic rings. The Morgan fingerprint density at radius 3 is 2.56 bits per heavy atom. The quantitative estimate of drug-likeness (QED) is 0.393. The van der Waals surface area contributed by atoms with Crippen LogP contribution in [0.4, 0.5) is 13.2 Å². The van der Waals surface area contributed by atoms with E-state index in [-0.39, 0.29) is 5.41 Å². The second kappa shape index (κ2) is 10.0. The van der Waals surface area contributed by atoms with Crippen molar-refractivity contribution in [2.45, 2.75) is 38.8 Å². The average Bonchev–Trinajstić information content (AvgIpc) is 3.02. The van der Waals surface area contributed by atoms with Crippen LogP contribution in [0, 0.1) is 0 Å². The maximum Gasteiger partial charge on any atom is 0.401 e. The van der Waals surface area contributed by atoms with Gasteiger partial charge < -0.3 is 10.6 Å². The van der Waals surface area contributed by atoms with Crippen LogP contribution in [-0.4, -0.2) is 56.8 Å². The predicted molar refractivity (Wildman–Crippen MR) is 99.5 cm³/mol. The molecular formula is C17H29F3N4S. The zero-order valence-electron chi connectivity index (χ0n) is 15.4. The van der Waals surface area contributed by atoms with Gasteiger partial charge in [-0.15, -0.1) is 11.3 Å². The Hall–Kier alpha value is -1.28. The van der Waals surface area contributed by atoms with E-state index in [1.807, 2.05) is 13.0 Å². The van der Waals surface area contributed by atoms with E-state index in [1.54, 1.807) is 11.3 Å². The van der Waals surface area contributed by atoms with Crippen molar-refractivity contribution >= 4 is 17.3 Å². The molecule has 0 bridgehead atoms. The topological polar surface area (TPSA) is 39.7 Å². The fourth-order valence-electron chi connectivity index (χ4n) is 2.30. The molecule has 0 radical (unpaired) electrons. The Morgan fingerprint density at radius 1 is 1.28 bits per heavy atom. The maximum absolute atomic E-state index is 12.3. The van der Waals surface area contributed by atoms with Gasteiger partial charge in [0.2, 0.25) is 0 Å². The van der Waals surface area contributed by atoms with E-state index in [0.29, 0.717) is 32.0 Å². The lowest BCUT2D eigenvalue weighted by molar-refractivity contribution is -0.143. The van der Waals surface area contributed by atoms with Crippen LogP contribution in [0.25, 0.3) is 0 Å². The lowest BCUT2D eigenvalue weighted by atomic mass is 9.92. The summed E-state index contributed by atoms with van der Waals surface area (Å²) in [6.07, 6.45) is -3.53. The monoisotopic (exact) mass is 378 g/mol. The number of halogens is 3. The Morgan fingerprint density at radius 2 is 2.00 bits per heavy atom. The van der Waals surface area contributed by atoms with Gasteiger partial charge in [0, 0.05) is 23.4 Å². The number of nitrogens with zero attached hydrogens (tertiary/aromatic N) is 2. The highest BCUT2D eigenvalue weighted by molar-refractivity contribution is 7.10. The normalized spacial score (nSPS) is 13.4.